The van der Waals surface area contributed by atoms with Gasteiger partial charge in [0.05, 0.1) is 18.1 Å². The van der Waals surface area contributed by atoms with Crippen molar-refractivity contribution in [1.82, 2.24) is 10.2 Å². The van der Waals surface area contributed by atoms with E-state index in [-0.39, 0.29) is 16.8 Å². The van der Waals surface area contributed by atoms with E-state index in [2.05, 4.69) is 24.1 Å². The van der Waals surface area contributed by atoms with Gasteiger partial charge in [-0.05, 0) is 37.0 Å². The minimum atomic E-state index is -3.84. The molecule has 8 heteroatoms. The summed E-state index contributed by atoms with van der Waals surface area (Å²) >= 11 is 0. The van der Waals surface area contributed by atoms with Gasteiger partial charge < -0.3 is 10.1 Å². The molecule has 1 aliphatic rings. The van der Waals surface area contributed by atoms with Gasteiger partial charge in [0.2, 0.25) is 10.0 Å². The lowest BCUT2D eigenvalue weighted by Gasteiger charge is -2.35. The minimum Gasteiger partial charge on any atom is -0.379 e. The predicted molar refractivity (Wildman–Crippen MR) is 101 cm³/mol. The maximum absolute atomic E-state index is 12.6. The summed E-state index contributed by atoms with van der Waals surface area (Å²) in [6.45, 7) is 9.73. The lowest BCUT2D eigenvalue weighted by molar-refractivity contribution is 0.0124. The summed E-state index contributed by atoms with van der Waals surface area (Å²) in [4.78, 5) is 14.9. The van der Waals surface area contributed by atoms with Crippen molar-refractivity contribution in [2.24, 2.45) is 11.1 Å². The maximum atomic E-state index is 12.6. The number of carbonyl (C=O) groups excluding carboxylic acids is 1. The van der Waals surface area contributed by atoms with Gasteiger partial charge in [0.25, 0.3) is 5.91 Å². The Morgan fingerprint density at radius 3 is 2.54 bits per heavy atom. The maximum Gasteiger partial charge on any atom is 0.251 e. The Labute approximate surface area is 155 Å². The first-order valence-corrected chi connectivity index (χ1v) is 10.5. The van der Waals surface area contributed by atoms with Gasteiger partial charge in [0.15, 0.2) is 0 Å². The van der Waals surface area contributed by atoms with Gasteiger partial charge in [-0.1, -0.05) is 19.9 Å². The van der Waals surface area contributed by atoms with Crippen molar-refractivity contribution >= 4 is 15.9 Å². The average Bonchev–Trinajstić information content (AvgIpc) is 2.58. The van der Waals surface area contributed by atoms with Crippen molar-refractivity contribution in [3.05, 3.63) is 29.3 Å². The normalized spacial score (nSPS) is 17.3. The number of aryl methyl sites for hydroxylation is 1. The number of nitrogens with zero attached hydrogens (tertiary/aromatic N) is 1. The number of hydrogen-bond donors (Lipinski definition) is 2. The topological polar surface area (TPSA) is 102 Å². The molecule has 3 N–H and O–H groups in total. The van der Waals surface area contributed by atoms with Crippen LogP contribution in [0.4, 0.5) is 0 Å². The number of primary sulfonamides is 1. The van der Waals surface area contributed by atoms with E-state index in [0.29, 0.717) is 36.8 Å². The number of amides is 1. The standard InChI is InChI=1S/C18H29N3O4S/c1-13(2)10-15(21-6-8-25-9-7-21)12-20-18(22)17-11-16(26(19,23)24)5-4-14(17)3/h4-5,11,13,15H,6-10,12H2,1-3H3,(H,20,22)(H2,19,23,24)/t15-/m0/s1. The molecule has 1 saturated heterocycles. The highest BCUT2D eigenvalue weighted by atomic mass is 32.2. The van der Waals surface area contributed by atoms with Crippen LogP contribution in [-0.4, -0.2) is 58.1 Å². The molecule has 0 saturated carbocycles. The van der Waals surface area contributed by atoms with Crippen molar-refractivity contribution in [3.63, 3.8) is 0 Å². The van der Waals surface area contributed by atoms with Crippen LogP contribution in [0.3, 0.4) is 0 Å². The second-order valence-corrected chi connectivity index (χ2v) is 8.72. The number of morpholine rings is 1. The van der Waals surface area contributed by atoms with Gasteiger partial charge in [-0.25, -0.2) is 13.6 Å². The summed E-state index contributed by atoms with van der Waals surface area (Å²) < 4.78 is 28.5. The molecule has 1 aliphatic heterocycles. The van der Waals surface area contributed by atoms with Gasteiger partial charge in [-0.2, -0.15) is 0 Å². The van der Waals surface area contributed by atoms with E-state index >= 15 is 0 Å². The second kappa shape index (κ2) is 8.94. The molecule has 0 aliphatic carbocycles. The number of sulfonamides is 1. The third-order valence-electron chi connectivity index (χ3n) is 4.59. The van der Waals surface area contributed by atoms with Crippen LogP contribution in [0.5, 0.6) is 0 Å². The van der Waals surface area contributed by atoms with Gasteiger partial charge >= 0.3 is 0 Å². The SMILES string of the molecule is Cc1ccc(S(N)(=O)=O)cc1C(=O)NC[C@H](CC(C)C)N1CCOCC1. The first-order valence-electron chi connectivity index (χ1n) is 8.92. The third kappa shape index (κ3) is 5.77. The summed E-state index contributed by atoms with van der Waals surface area (Å²) in [6.07, 6.45) is 0.969. The number of carbonyl (C=O) groups is 1. The van der Waals surface area contributed by atoms with Crippen molar-refractivity contribution < 1.29 is 17.9 Å². The van der Waals surface area contributed by atoms with Crippen LogP contribution in [0.15, 0.2) is 23.1 Å². The van der Waals surface area contributed by atoms with Crippen LogP contribution in [0.2, 0.25) is 0 Å². The van der Waals surface area contributed by atoms with E-state index in [1.807, 2.05) is 0 Å². The second-order valence-electron chi connectivity index (χ2n) is 7.16. The van der Waals surface area contributed by atoms with E-state index < -0.39 is 10.0 Å². The fourth-order valence-electron chi connectivity index (χ4n) is 3.18. The zero-order valence-electron chi connectivity index (χ0n) is 15.7. The number of benzene rings is 1. The van der Waals surface area contributed by atoms with Gasteiger partial charge in [-0.3, -0.25) is 9.69 Å². The van der Waals surface area contributed by atoms with E-state index in [1.54, 1.807) is 13.0 Å². The van der Waals surface area contributed by atoms with Gasteiger partial charge in [0.1, 0.15) is 0 Å². The predicted octanol–water partition coefficient (Wildman–Crippen LogP) is 1.12. The van der Waals surface area contributed by atoms with Gasteiger partial charge in [-0.15, -0.1) is 0 Å². The first-order chi connectivity index (χ1) is 12.2. The zero-order valence-corrected chi connectivity index (χ0v) is 16.5. The molecule has 1 atom stereocenters. The van der Waals surface area contributed by atoms with E-state index in [0.717, 1.165) is 19.5 Å². The Balaban J connectivity index is 2.09. The van der Waals surface area contributed by atoms with Crippen LogP contribution < -0.4 is 10.5 Å². The molecule has 1 aromatic carbocycles. The van der Waals surface area contributed by atoms with E-state index in [1.165, 1.54) is 12.1 Å². The molecule has 0 aromatic heterocycles. The number of nitrogens with two attached hydrogens (primary N) is 1. The Kier molecular flexibility index (Phi) is 7.16. The zero-order chi connectivity index (χ0) is 19.3. The minimum absolute atomic E-state index is 0.0554. The average molecular weight is 384 g/mol. The lowest BCUT2D eigenvalue weighted by atomic mass is 10.0. The van der Waals surface area contributed by atoms with Gasteiger partial charge in [0, 0.05) is 31.2 Å². The molecular weight excluding hydrogens is 354 g/mol. The summed E-state index contributed by atoms with van der Waals surface area (Å²) in [5.74, 6) is 0.224. The Bertz CT molecular complexity index is 728. The van der Waals surface area contributed by atoms with Crippen molar-refractivity contribution in [2.75, 3.05) is 32.8 Å². The quantitative estimate of drug-likeness (QED) is 0.735. The number of nitrogens with one attached hydrogen (secondary N) is 1. The molecule has 7 nitrogen and oxygen atoms in total. The molecule has 0 spiro atoms. The fraction of sp³-hybridized carbons (Fsp3) is 0.611. The summed E-state index contributed by atoms with van der Waals surface area (Å²) in [6, 6.07) is 4.58. The van der Waals surface area contributed by atoms with Crippen molar-refractivity contribution in [2.45, 2.75) is 38.1 Å². The Morgan fingerprint density at radius 2 is 1.96 bits per heavy atom. The summed E-state index contributed by atoms with van der Waals surface area (Å²) in [5.41, 5.74) is 1.04. The van der Waals surface area contributed by atoms with Crippen molar-refractivity contribution in [3.8, 4) is 0 Å². The molecule has 1 heterocycles. The number of ether oxygens (including phenoxy) is 1. The number of hydrogen-bond acceptors (Lipinski definition) is 5. The van der Waals surface area contributed by atoms with Crippen LogP contribution in [0.25, 0.3) is 0 Å². The smallest absolute Gasteiger partial charge is 0.251 e. The summed E-state index contributed by atoms with van der Waals surface area (Å²) in [7, 11) is -3.84. The Hall–Kier alpha value is -1.48. The Morgan fingerprint density at radius 1 is 1.31 bits per heavy atom. The number of rotatable bonds is 7. The molecule has 1 amide bonds. The molecule has 26 heavy (non-hydrogen) atoms. The van der Waals surface area contributed by atoms with Crippen LogP contribution in [0, 0.1) is 12.8 Å². The fourth-order valence-corrected chi connectivity index (χ4v) is 3.72. The molecular formula is C18H29N3O4S. The molecule has 0 bridgehead atoms. The van der Waals surface area contributed by atoms with Crippen LogP contribution >= 0.6 is 0 Å². The molecule has 1 aromatic rings. The highest BCUT2D eigenvalue weighted by Gasteiger charge is 2.23. The van der Waals surface area contributed by atoms with E-state index in [4.69, 9.17) is 9.88 Å². The van der Waals surface area contributed by atoms with E-state index in [9.17, 15) is 13.2 Å². The molecule has 0 radical (unpaired) electrons. The highest BCUT2D eigenvalue weighted by Crippen LogP contribution is 2.16. The van der Waals surface area contributed by atoms with Crippen LogP contribution in [0.1, 0.15) is 36.2 Å². The van der Waals surface area contributed by atoms with Crippen LogP contribution in [-0.2, 0) is 14.8 Å². The molecule has 2 rings (SSSR count). The summed E-state index contributed by atoms with van der Waals surface area (Å²) in [5, 5.41) is 8.14. The molecule has 1 fully saturated rings. The molecule has 146 valence electrons. The monoisotopic (exact) mass is 383 g/mol. The third-order valence-corrected chi connectivity index (χ3v) is 5.50. The molecule has 0 unspecified atom stereocenters. The lowest BCUT2D eigenvalue weighted by Crippen LogP contribution is -2.49. The first kappa shape index (κ1) is 20.8. The van der Waals surface area contributed by atoms with Crippen molar-refractivity contribution in [1.29, 1.82) is 0 Å². The largest absolute Gasteiger partial charge is 0.379 e. The highest BCUT2D eigenvalue weighted by molar-refractivity contribution is 7.89.